The summed E-state index contributed by atoms with van der Waals surface area (Å²) >= 11 is 0. The van der Waals surface area contributed by atoms with Gasteiger partial charge >= 0.3 is 0 Å². The Morgan fingerprint density at radius 3 is 2.20 bits per heavy atom. The topological polar surface area (TPSA) is 17.1 Å². The first kappa shape index (κ1) is 16.7. The van der Waals surface area contributed by atoms with E-state index >= 15 is 0 Å². The Morgan fingerprint density at radius 2 is 1.75 bits per heavy atom. The van der Waals surface area contributed by atoms with Gasteiger partial charge in [0.25, 0.3) is 0 Å². The number of carbonyl (C=O) groups is 1. The van der Waals surface area contributed by atoms with E-state index in [9.17, 15) is 4.79 Å². The predicted molar refractivity (Wildman–Crippen MR) is 87.2 cm³/mol. The van der Waals surface area contributed by atoms with Crippen LogP contribution in [0.5, 0.6) is 0 Å². The van der Waals surface area contributed by atoms with Crippen LogP contribution in [0.1, 0.15) is 55.4 Å². The second kappa shape index (κ2) is 7.42. The quantitative estimate of drug-likeness (QED) is 0.699. The molecule has 1 fully saturated rings. The number of hydrogen-bond donors (Lipinski definition) is 0. The number of benzene rings is 1. The van der Waals surface area contributed by atoms with Crippen molar-refractivity contribution < 1.29 is 4.79 Å². The van der Waals surface area contributed by atoms with Crippen molar-refractivity contribution in [2.75, 3.05) is 0 Å². The van der Waals surface area contributed by atoms with E-state index < -0.39 is 0 Å². The fourth-order valence-corrected chi connectivity index (χ4v) is 3.01. The molecule has 1 saturated carbocycles. The second-order valence-corrected chi connectivity index (χ2v) is 5.71. The van der Waals surface area contributed by atoms with Gasteiger partial charge in [-0.15, -0.1) is 0 Å². The Kier molecular flexibility index (Phi) is 6.19. The molecule has 0 aromatic heterocycles. The van der Waals surface area contributed by atoms with Gasteiger partial charge < -0.3 is 0 Å². The number of rotatable bonds is 3. The lowest BCUT2D eigenvalue weighted by atomic mass is 9.91. The Morgan fingerprint density at radius 1 is 1.20 bits per heavy atom. The van der Waals surface area contributed by atoms with Crippen molar-refractivity contribution in [3.63, 3.8) is 0 Å². The highest BCUT2D eigenvalue weighted by Crippen LogP contribution is 2.31. The summed E-state index contributed by atoms with van der Waals surface area (Å²) in [5.74, 6) is 0.612. The molecule has 2 rings (SSSR count). The average molecular weight is 272 g/mol. The maximum Gasteiger partial charge on any atom is 0.140 e. The van der Waals surface area contributed by atoms with Crippen LogP contribution in [0.25, 0.3) is 0 Å². The molecule has 0 aliphatic heterocycles. The smallest absolute Gasteiger partial charge is 0.140 e. The minimum Gasteiger partial charge on any atom is -0.299 e. The first-order chi connectivity index (χ1) is 9.47. The van der Waals surface area contributed by atoms with Gasteiger partial charge in [-0.2, -0.15) is 0 Å². The van der Waals surface area contributed by atoms with Crippen LogP contribution in [-0.4, -0.2) is 5.78 Å². The Balaban J connectivity index is 0.000000956. The lowest BCUT2D eigenvalue weighted by molar-refractivity contribution is -0.121. The van der Waals surface area contributed by atoms with Crippen LogP contribution in [0, 0.1) is 26.7 Å². The maximum absolute atomic E-state index is 12.3. The van der Waals surface area contributed by atoms with Gasteiger partial charge in [-0.25, -0.2) is 0 Å². The van der Waals surface area contributed by atoms with Gasteiger partial charge in [0.15, 0.2) is 0 Å². The molecule has 1 nitrogen and oxygen atoms in total. The molecule has 0 spiro atoms. The fourth-order valence-electron chi connectivity index (χ4n) is 3.01. The van der Waals surface area contributed by atoms with Crippen molar-refractivity contribution in [3.8, 4) is 0 Å². The maximum atomic E-state index is 12.3. The van der Waals surface area contributed by atoms with Crippen molar-refractivity contribution in [1.82, 2.24) is 0 Å². The SMILES string of the molecule is C=C1CCC(C(=O)Cc2c(C)cc(C)cc2C)C1.CC. The zero-order valence-electron chi connectivity index (χ0n) is 13.7. The van der Waals surface area contributed by atoms with Crippen molar-refractivity contribution >= 4 is 5.78 Å². The van der Waals surface area contributed by atoms with Crippen LogP contribution in [0.3, 0.4) is 0 Å². The summed E-state index contributed by atoms with van der Waals surface area (Å²) in [6.07, 6.45) is 3.53. The minimum atomic E-state index is 0.220. The molecule has 110 valence electrons. The Labute approximate surface area is 124 Å². The van der Waals surface area contributed by atoms with Gasteiger partial charge in [0.1, 0.15) is 5.78 Å². The summed E-state index contributed by atoms with van der Waals surface area (Å²) in [6.45, 7) is 14.3. The molecule has 20 heavy (non-hydrogen) atoms. The first-order valence-electron chi connectivity index (χ1n) is 7.73. The van der Waals surface area contributed by atoms with Gasteiger partial charge in [-0.05, 0) is 56.7 Å². The van der Waals surface area contributed by atoms with E-state index in [1.54, 1.807) is 0 Å². The van der Waals surface area contributed by atoms with Crippen LogP contribution < -0.4 is 0 Å². The van der Waals surface area contributed by atoms with E-state index in [4.69, 9.17) is 0 Å². The highest BCUT2D eigenvalue weighted by Gasteiger charge is 2.25. The molecule has 0 heterocycles. The molecule has 1 heteroatoms. The lowest BCUT2D eigenvalue weighted by Crippen LogP contribution is -2.15. The minimum absolute atomic E-state index is 0.220. The molecule has 0 saturated heterocycles. The van der Waals surface area contributed by atoms with E-state index in [0.29, 0.717) is 12.2 Å². The number of Topliss-reactive ketones (excluding diaryl/α,β-unsaturated/α-hetero) is 1. The van der Waals surface area contributed by atoms with E-state index in [2.05, 4.69) is 39.5 Å². The van der Waals surface area contributed by atoms with Gasteiger partial charge in [0.2, 0.25) is 0 Å². The van der Waals surface area contributed by atoms with Crippen LogP contribution >= 0.6 is 0 Å². The largest absolute Gasteiger partial charge is 0.299 e. The molecule has 1 aromatic rings. The van der Waals surface area contributed by atoms with Crippen LogP contribution in [0.4, 0.5) is 0 Å². The average Bonchev–Trinajstić information content (AvgIpc) is 2.83. The third-order valence-electron chi connectivity index (χ3n) is 4.03. The third kappa shape index (κ3) is 4.06. The Bertz CT molecular complexity index is 473. The number of hydrogen-bond acceptors (Lipinski definition) is 1. The number of allylic oxidation sites excluding steroid dienone is 1. The lowest BCUT2D eigenvalue weighted by Gasteiger charge is -2.13. The molecule has 1 unspecified atom stereocenters. The summed E-state index contributed by atoms with van der Waals surface area (Å²) in [5.41, 5.74) is 6.24. The van der Waals surface area contributed by atoms with Crippen LogP contribution in [0.15, 0.2) is 24.3 Å². The van der Waals surface area contributed by atoms with Crippen molar-refractivity contribution in [2.45, 2.75) is 60.3 Å². The number of ketones is 1. The van der Waals surface area contributed by atoms with E-state index in [-0.39, 0.29) is 5.92 Å². The van der Waals surface area contributed by atoms with Crippen molar-refractivity contribution in [2.24, 2.45) is 5.92 Å². The number of aryl methyl sites for hydroxylation is 3. The molecule has 0 radical (unpaired) electrons. The van der Waals surface area contributed by atoms with Gasteiger partial charge in [-0.3, -0.25) is 4.79 Å². The highest BCUT2D eigenvalue weighted by molar-refractivity contribution is 5.84. The van der Waals surface area contributed by atoms with Gasteiger partial charge in [0, 0.05) is 12.3 Å². The van der Waals surface area contributed by atoms with Gasteiger partial charge in [0.05, 0.1) is 0 Å². The van der Waals surface area contributed by atoms with Crippen LogP contribution in [-0.2, 0) is 11.2 Å². The highest BCUT2D eigenvalue weighted by atomic mass is 16.1. The molecular weight excluding hydrogens is 244 g/mol. The van der Waals surface area contributed by atoms with Crippen molar-refractivity contribution in [3.05, 3.63) is 46.5 Å². The zero-order chi connectivity index (χ0) is 15.3. The third-order valence-corrected chi connectivity index (χ3v) is 4.03. The van der Waals surface area contributed by atoms with E-state index in [1.165, 1.54) is 27.8 Å². The van der Waals surface area contributed by atoms with E-state index in [0.717, 1.165) is 19.3 Å². The predicted octanol–water partition coefficient (Wildman–Crippen LogP) is 5.11. The van der Waals surface area contributed by atoms with E-state index in [1.807, 2.05) is 13.8 Å². The summed E-state index contributed by atoms with van der Waals surface area (Å²) in [4.78, 5) is 12.3. The normalized spacial score (nSPS) is 17.6. The molecule has 1 aliphatic rings. The summed E-state index contributed by atoms with van der Waals surface area (Å²) in [5, 5.41) is 0. The molecular formula is C19H28O. The summed E-state index contributed by atoms with van der Waals surface area (Å²) in [6, 6.07) is 4.34. The molecule has 0 N–H and O–H groups in total. The fraction of sp³-hybridized carbons (Fsp3) is 0.526. The molecule has 0 bridgehead atoms. The second-order valence-electron chi connectivity index (χ2n) is 5.71. The molecule has 0 amide bonds. The number of carbonyl (C=O) groups excluding carboxylic acids is 1. The molecule has 1 aromatic carbocycles. The zero-order valence-corrected chi connectivity index (χ0v) is 13.7. The summed E-state index contributed by atoms with van der Waals surface area (Å²) in [7, 11) is 0. The standard InChI is InChI=1S/C17H22O.C2H6/c1-11-5-6-15(9-11)17(18)10-16-13(3)7-12(2)8-14(16)4;1-2/h7-8,15H,1,5-6,9-10H2,2-4H3;1-2H3. The Hall–Kier alpha value is -1.37. The summed E-state index contributed by atoms with van der Waals surface area (Å²) < 4.78 is 0. The molecule has 1 aliphatic carbocycles. The molecule has 1 atom stereocenters. The van der Waals surface area contributed by atoms with Crippen LogP contribution in [0.2, 0.25) is 0 Å². The van der Waals surface area contributed by atoms with Gasteiger partial charge in [-0.1, -0.05) is 43.7 Å². The van der Waals surface area contributed by atoms with Crippen molar-refractivity contribution in [1.29, 1.82) is 0 Å². The monoisotopic (exact) mass is 272 g/mol. The first-order valence-corrected chi connectivity index (χ1v) is 7.73.